The van der Waals surface area contributed by atoms with Crippen molar-refractivity contribution in [1.82, 2.24) is 0 Å². The van der Waals surface area contributed by atoms with E-state index in [0.29, 0.717) is 25.4 Å². The van der Waals surface area contributed by atoms with Crippen molar-refractivity contribution in [2.24, 2.45) is 10.7 Å². The zero-order valence-corrected chi connectivity index (χ0v) is 9.10. The van der Waals surface area contributed by atoms with Gasteiger partial charge >= 0.3 is 0 Å². The third kappa shape index (κ3) is 2.52. The monoisotopic (exact) mass is 220 g/mol. The van der Waals surface area contributed by atoms with Crippen LogP contribution in [0.15, 0.2) is 29.3 Å². The quantitative estimate of drug-likeness (QED) is 0.797. The molecule has 16 heavy (non-hydrogen) atoms. The van der Waals surface area contributed by atoms with Gasteiger partial charge in [0, 0.05) is 5.56 Å². The predicted octanol–water partition coefficient (Wildman–Crippen LogP) is 1.08. The number of hydrogen-bond donors (Lipinski definition) is 2. The van der Waals surface area contributed by atoms with Crippen LogP contribution in [-0.2, 0) is 11.2 Å². The number of aromatic hydroxyl groups is 1. The van der Waals surface area contributed by atoms with Gasteiger partial charge in [-0.3, -0.25) is 4.99 Å². The van der Waals surface area contributed by atoms with Crippen LogP contribution >= 0.6 is 0 Å². The lowest BCUT2D eigenvalue weighted by Gasteiger charge is -2.10. The van der Waals surface area contributed by atoms with Crippen LogP contribution in [0.4, 0.5) is 0 Å². The third-order valence-electron chi connectivity index (χ3n) is 2.60. The second-order valence-electron chi connectivity index (χ2n) is 3.86. The summed E-state index contributed by atoms with van der Waals surface area (Å²) in [5.74, 6) is 0.982. The van der Waals surface area contributed by atoms with Crippen molar-refractivity contribution in [2.45, 2.75) is 18.9 Å². The summed E-state index contributed by atoms with van der Waals surface area (Å²) in [4.78, 5) is 4.30. The summed E-state index contributed by atoms with van der Waals surface area (Å²) in [5.41, 5.74) is 6.30. The van der Waals surface area contributed by atoms with Crippen LogP contribution in [0.3, 0.4) is 0 Å². The summed E-state index contributed by atoms with van der Waals surface area (Å²) >= 11 is 0. The molecule has 1 aliphatic rings. The molecule has 1 aromatic rings. The smallest absolute Gasteiger partial charge is 0.188 e. The van der Waals surface area contributed by atoms with Crippen LogP contribution in [-0.4, -0.2) is 30.2 Å². The van der Waals surface area contributed by atoms with Crippen molar-refractivity contribution >= 4 is 5.90 Å². The molecule has 1 aromatic carbocycles. The number of rotatable bonds is 4. The van der Waals surface area contributed by atoms with Crippen molar-refractivity contribution in [3.8, 4) is 5.75 Å². The SMILES string of the molecule is NCCC1CN=C(Cc2ccccc2O)O1. The number of nitrogens with zero attached hydrogens (tertiary/aromatic N) is 1. The number of phenolic OH excluding ortho intramolecular Hbond substituents is 1. The molecule has 3 N–H and O–H groups in total. The summed E-state index contributed by atoms with van der Waals surface area (Å²) in [7, 11) is 0. The van der Waals surface area contributed by atoms with E-state index in [2.05, 4.69) is 4.99 Å². The molecule has 0 saturated carbocycles. The summed E-state index contributed by atoms with van der Waals surface area (Å²) in [6.45, 7) is 1.30. The Labute approximate surface area is 94.8 Å². The number of phenols is 1. The number of para-hydroxylation sites is 1. The molecule has 1 aliphatic heterocycles. The van der Waals surface area contributed by atoms with Crippen LogP contribution in [0.5, 0.6) is 5.75 Å². The average Bonchev–Trinajstić information content (AvgIpc) is 2.70. The minimum Gasteiger partial charge on any atom is -0.508 e. The fourth-order valence-electron chi connectivity index (χ4n) is 1.73. The first-order valence-corrected chi connectivity index (χ1v) is 5.46. The number of nitrogens with two attached hydrogens (primary N) is 1. The van der Waals surface area contributed by atoms with E-state index in [-0.39, 0.29) is 11.9 Å². The molecular formula is C12H16N2O2. The maximum atomic E-state index is 9.61. The molecule has 0 aliphatic carbocycles. The van der Waals surface area contributed by atoms with E-state index in [1.807, 2.05) is 12.1 Å². The molecule has 1 unspecified atom stereocenters. The highest BCUT2D eigenvalue weighted by atomic mass is 16.5. The second kappa shape index (κ2) is 4.99. The molecule has 0 radical (unpaired) electrons. The molecule has 4 heteroatoms. The van der Waals surface area contributed by atoms with E-state index in [0.717, 1.165) is 12.0 Å². The molecule has 0 bridgehead atoms. The van der Waals surface area contributed by atoms with E-state index in [9.17, 15) is 5.11 Å². The van der Waals surface area contributed by atoms with Crippen LogP contribution in [0.1, 0.15) is 12.0 Å². The first-order chi connectivity index (χ1) is 7.79. The Balaban J connectivity index is 1.95. The predicted molar refractivity (Wildman–Crippen MR) is 62.7 cm³/mol. The Kier molecular flexibility index (Phi) is 3.41. The summed E-state index contributed by atoms with van der Waals surface area (Å²) in [6.07, 6.45) is 1.49. The van der Waals surface area contributed by atoms with Gasteiger partial charge in [0.2, 0.25) is 0 Å². The van der Waals surface area contributed by atoms with Gasteiger partial charge in [-0.1, -0.05) is 18.2 Å². The summed E-state index contributed by atoms with van der Waals surface area (Å²) in [6, 6.07) is 7.23. The second-order valence-corrected chi connectivity index (χ2v) is 3.86. The van der Waals surface area contributed by atoms with Gasteiger partial charge in [-0.2, -0.15) is 0 Å². The van der Waals surface area contributed by atoms with Gasteiger partial charge in [0.25, 0.3) is 0 Å². The van der Waals surface area contributed by atoms with Crippen LogP contribution in [0.2, 0.25) is 0 Å². The largest absolute Gasteiger partial charge is 0.508 e. The maximum Gasteiger partial charge on any atom is 0.188 e. The van der Waals surface area contributed by atoms with Crippen molar-refractivity contribution in [1.29, 1.82) is 0 Å². The molecular weight excluding hydrogens is 204 g/mol. The molecule has 1 heterocycles. The lowest BCUT2D eigenvalue weighted by atomic mass is 10.1. The highest BCUT2D eigenvalue weighted by molar-refractivity contribution is 5.80. The first kappa shape index (κ1) is 11.0. The highest BCUT2D eigenvalue weighted by Crippen LogP contribution is 2.19. The zero-order chi connectivity index (χ0) is 11.4. The van der Waals surface area contributed by atoms with Gasteiger partial charge in [-0.05, 0) is 19.0 Å². The Morgan fingerprint density at radius 3 is 3.00 bits per heavy atom. The number of benzene rings is 1. The lowest BCUT2D eigenvalue weighted by Crippen LogP contribution is -2.18. The third-order valence-corrected chi connectivity index (χ3v) is 2.60. The molecule has 4 nitrogen and oxygen atoms in total. The van der Waals surface area contributed by atoms with Crippen molar-refractivity contribution < 1.29 is 9.84 Å². The Bertz CT molecular complexity index is 390. The molecule has 1 atom stereocenters. The van der Waals surface area contributed by atoms with E-state index < -0.39 is 0 Å². The van der Waals surface area contributed by atoms with E-state index in [4.69, 9.17) is 10.5 Å². The summed E-state index contributed by atoms with van der Waals surface area (Å²) < 4.78 is 5.62. The van der Waals surface area contributed by atoms with Gasteiger partial charge in [-0.15, -0.1) is 0 Å². The van der Waals surface area contributed by atoms with Gasteiger partial charge in [0.05, 0.1) is 13.0 Å². The van der Waals surface area contributed by atoms with Gasteiger partial charge in [0.15, 0.2) is 5.90 Å². The number of hydrogen-bond acceptors (Lipinski definition) is 4. The Morgan fingerprint density at radius 2 is 2.25 bits per heavy atom. The Morgan fingerprint density at radius 1 is 1.44 bits per heavy atom. The lowest BCUT2D eigenvalue weighted by molar-refractivity contribution is 0.212. The van der Waals surface area contributed by atoms with Crippen LogP contribution in [0, 0.1) is 0 Å². The highest BCUT2D eigenvalue weighted by Gasteiger charge is 2.19. The molecule has 86 valence electrons. The first-order valence-electron chi connectivity index (χ1n) is 5.46. The van der Waals surface area contributed by atoms with Gasteiger partial charge < -0.3 is 15.6 Å². The molecule has 0 fully saturated rings. The van der Waals surface area contributed by atoms with E-state index in [1.165, 1.54) is 0 Å². The standard InChI is InChI=1S/C12H16N2O2/c13-6-5-10-8-14-12(16-10)7-9-3-1-2-4-11(9)15/h1-4,10,15H,5-8,13H2. The number of ether oxygens (including phenoxy) is 1. The average molecular weight is 220 g/mol. The fourth-order valence-corrected chi connectivity index (χ4v) is 1.73. The van der Waals surface area contributed by atoms with Crippen LogP contribution in [0.25, 0.3) is 0 Å². The fraction of sp³-hybridized carbons (Fsp3) is 0.417. The minimum atomic E-state index is 0.117. The molecule has 0 amide bonds. The topological polar surface area (TPSA) is 67.8 Å². The Hall–Kier alpha value is -1.55. The van der Waals surface area contributed by atoms with Gasteiger partial charge in [0.1, 0.15) is 11.9 Å². The van der Waals surface area contributed by atoms with Gasteiger partial charge in [-0.25, -0.2) is 0 Å². The molecule has 2 rings (SSSR count). The molecule has 0 aromatic heterocycles. The molecule has 0 saturated heterocycles. The van der Waals surface area contributed by atoms with Crippen molar-refractivity contribution in [3.05, 3.63) is 29.8 Å². The van der Waals surface area contributed by atoms with E-state index >= 15 is 0 Å². The molecule has 0 spiro atoms. The minimum absolute atomic E-state index is 0.117. The number of aliphatic imine (C=N–C) groups is 1. The van der Waals surface area contributed by atoms with Crippen LogP contribution < -0.4 is 5.73 Å². The zero-order valence-electron chi connectivity index (χ0n) is 9.10. The normalized spacial score (nSPS) is 19.3. The maximum absolute atomic E-state index is 9.61. The van der Waals surface area contributed by atoms with E-state index in [1.54, 1.807) is 12.1 Å². The summed E-state index contributed by atoms with van der Waals surface area (Å²) in [5, 5.41) is 9.61. The van der Waals surface area contributed by atoms with Crippen molar-refractivity contribution in [3.63, 3.8) is 0 Å². The van der Waals surface area contributed by atoms with Crippen molar-refractivity contribution in [2.75, 3.05) is 13.1 Å².